The standard InChI is InChI=1S/C18H22N2O4S2/c1-20(2)26(22,23)15-10-8-14(9-11-15)24-13-12-19-18(21)16-6-4-5-7-17(16)25-3/h4-11H,12-13H2,1-3H3,(H,19,21). The summed E-state index contributed by atoms with van der Waals surface area (Å²) in [5.74, 6) is 0.396. The van der Waals surface area contributed by atoms with Gasteiger partial charge in [0, 0.05) is 19.0 Å². The molecule has 8 heteroatoms. The SMILES string of the molecule is CSc1ccccc1C(=O)NCCOc1ccc(S(=O)(=O)N(C)C)cc1. The van der Waals surface area contributed by atoms with Crippen LogP contribution < -0.4 is 10.1 Å². The number of carbonyl (C=O) groups is 1. The number of thioether (sulfide) groups is 1. The van der Waals surface area contributed by atoms with E-state index < -0.39 is 10.0 Å². The highest BCUT2D eigenvalue weighted by Gasteiger charge is 2.16. The molecule has 0 radical (unpaired) electrons. The van der Waals surface area contributed by atoms with Crippen molar-refractivity contribution < 1.29 is 17.9 Å². The number of rotatable bonds is 8. The van der Waals surface area contributed by atoms with Gasteiger partial charge in [0.15, 0.2) is 0 Å². The molecule has 2 rings (SSSR count). The van der Waals surface area contributed by atoms with Gasteiger partial charge in [-0.2, -0.15) is 0 Å². The van der Waals surface area contributed by atoms with Gasteiger partial charge in [0.05, 0.1) is 17.0 Å². The van der Waals surface area contributed by atoms with Crippen LogP contribution >= 0.6 is 11.8 Å². The summed E-state index contributed by atoms with van der Waals surface area (Å²) in [4.78, 5) is 13.3. The van der Waals surface area contributed by atoms with Gasteiger partial charge in [-0.3, -0.25) is 4.79 Å². The normalized spacial score (nSPS) is 11.4. The highest BCUT2D eigenvalue weighted by Crippen LogP contribution is 2.20. The predicted molar refractivity (Wildman–Crippen MR) is 103 cm³/mol. The minimum absolute atomic E-state index is 0.147. The molecule has 2 aromatic rings. The molecule has 0 aliphatic heterocycles. The average Bonchev–Trinajstić information content (AvgIpc) is 2.65. The third-order valence-corrected chi connectivity index (χ3v) is 6.24. The van der Waals surface area contributed by atoms with Crippen molar-refractivity contribution in [3.8, 4) is 5.75 Å². The lowest BCUT2D eigenvalue weighted by Gasteiger charge is -2.12. The minimum atomic E-state index is -3.45. The Hall–Kier alpha value is -2.03. The minimum Gasteiger partial charge on any atom is -0.492 e. The topological polar surface area (TPSA) is 75.7 Å². The maximum absolute atomic E-state index is 12.2. The van der Waals surface area contributed by atoms with Crippen LogP contribution in [0.4, 0.5) is 0 Å². The van der Waals surface area contributed by atoms with Crippen LogP contribution in [0.3, 0.4) is 0 Å². The summed E-state index contributed by atoms with van der Waals surface area (Å²) < 4.78 is 30.7. The molecule has 1 amide bonds. The van der Waals surface area contributed by atoms with Gasteiger partial charge in [-0.05, 0) is 42.7 Å². The van der Waals surface area contributed by atoms with Crippen molar-refractivity contribution >= 4 is 27.7 Å². The molecule has 0 bridgehead atoms. The van der Waals surface area contributed by atoms with Crippen LogP contribution in [0.25, 0.3) is 0 Å². The summed E-state index contributed by atoms with van der Waals surface area (Å²) in [6.07, 6.45) is 1.93. The summed E-state index contributed by atoms with van der Waals surface area (Å²) in [5, 5.41) is 2.81. The molecule has 140 valence electrons. The predicted octanol–water partition coefficient (Wildman–Crippen LogP) is 2.47. The van der Waals surface area contributed by atoms with Gasteiger partial charge in [0.25, 0.3) is 5.91 Å². The highest BCUT2D eigenvalue weighted by atomic mass is 32.2. The second kappa shape index (κ2) is 9.07. The van der Waals surface area contributed by atoms with Crippen molar-refractivity contribution in [3.63, 3.8) is 0 Å². The number of nitrogens with one attached hydrogen (secondary N) is 1. The van der Waals surface area contributed by atoms with Gasteiger partial charge >= 0.3 is 0 Å². The number of benzene rings is 2. The van der Waals surface area contributed by atoms with Crippen molar-refractivity contribution in [2.24, 2.45) is 0 Å². The van der Waals surface area contributed by atoms with E-state index in [0.717, 1.165) is 9.20 Å². The first-order valence-electron chi connectivity index (χ1n) is 7.93. The van der Waals surface area contributed by atoms with Crippen LogP contribution in [0, 0.1) is 0 Å². The molecule has 6 nitrogen and oxygen atoms in total. The van der Waals surface area contributed by atoms with Gasteiger partial charge in [-0.25, -0.2) is 12.7 Å². The fraction of sp³-hybridized carbons (Fsp3) is 0.278. The van der Waals surface area contributed by atoms with Gasteiger partial charge in [0.1, 0.15) is 12.4 Å². The molecule has 0 aliphatic carbocycles. The van der Waals surface area contributed by atoms with Crippen molar-refractivity contribution in [2.45, 2.75) is 9.79 Å². The van der Waals surface area contributed by atoms with Crippen LogP contribution in [0.2, 0.25) is 0 Å². The Morgan fingerprint density at radius 1 is 1.12 bits per heavy atom. The third kappa shape index (κ3) is 5.00. The van der Waals surface area contributed by atoms with Crippen molar-refractivity contribution in [1.82, 2.24) is 9.62 Å². The molecule has 0 spiro atoms. The largest absolute Gasteiger partial charge is 0.492 e. The number of nitrogens with zero attached hydrogens (tertiary/aromatic N) is 1. The first-order valence-corrected chi connectivity index (χ1v) is 10.6. The number of carbonyl (C=O) groups excluding carboxylic acids is 1. The first kappa shape index (κ1) is 20.3. The average molecular weight is 395 g/mol. The lowest BCUT2D eigenvalue weighted by Crippen LogP contribution is -2.28. The molecule has 0 aromatic heterocycles. The van der Waals surface area contributed by atoms with Gasteiger partial charge in [-0.1, -0.05) is 12.1 Å². The van der Waals surface area contributed by atoms with Crippen molar-refractivity contribution in [3.05, 3.63) is 54.1 Å². The zero-order valence-electron chi connectivity index (χ0n) is 14.9. The molecule has 0 unspecified atom stereocenters. The van der Waals surface area contributed by atoms with E-state index >= 15 is 0 Å². The second-order valence-corrected chi connectivity index (χ2v) is 8.56. The van der Waals surface area contributed by atoms with Crippen molar-refractivity contribution in [2.75, 3.05) is 33.5 Å². The summed E-state index contributed by atoms with van der Waals surface area (Å²) in [7, 11) is -0.481. The molecular formula is C18H22N2O4S2. The number of ether oxygens (including phenoxy) is 1. The van der Waals surface area contributed by atoms with Crippen LogP contribution in [-0.2, 0) is 10.0 Å². The molecule has 0 fully saturated rings. The molecule has 0 saturated heterocycles. The Morgan fingerprint density at radius 2 is 1.77 bits per heavy atom. The number of sulfonamides is 1. The van der Waals surface area contributed by atoms with E-state index in [4.69, 9.17) is 4.74 Å². The number of hydrogen-bond acceptors (Lipinski definition) is 5. The Labute approximate surface area is 158 Å². The van der Waals surface area contributed by atoms with E-state index in [-0.39, 0.29) is 17.4 Å². The fourth-order valence-corrected chi connectivity index (χ4v) is 3.68. The fourth-order valence-electron chi connectivity index (χ4n) is 2.18. The lowest BCUT2D eigenvalue weighted by atomic mass is 10.2. The quantitative estimate of drug-likeness (QED) is 0.550. The zero-order chi connectivity index (χ0) is 19.2. The molecule has 0 heterocycles. The summed E-state index contributed by atoms with van der Waals surface area (Å²) >= 11 is 1.52. The Balaban J connectivity index is 1.86. The van der Waals surface area contributed by atoms with E-state index in [2.05, 4.69) is 5.32 Å². The number of hydrogen-bond donors (Lipinski definition) is 1. The monoisotopic (exact) mass is 394 g/mol. The summed E-state index contributed by atoms with van der Waals surface area (Å²) in [5.41, 5.74) is 0.637. The molecule has 0 atom stereocenters. The van der Waals surface area contributed by atoms with E-state index in [9.17, 15) is 13.2 Å². The molecule has 26 heavy (non-hydrogen) atoms. The smallest absolute Gasteiger partial charge is 0.252 e. The molecule has 0 saturated carbocycles. The summed E-state index contributed by atoms with van der Waals surface area (Å²) in [6.45, 7) is 0.631. The Kier molecular flexibility index (Phi) is 7.07. The second-order valence-electron chi connectivity index (χ2n) is 5.56. The lowest BCUT2D eigenvalue weighted by molar-refractivity contribution is 0.0944. The van der Waals surface area contributed by atoms with Crippen LogP contribution in [-0.4, -0.2) is 52.1 Å². The maximum Gasteiger partial charge on any atom is 0.252 e. The molecule has 2 aromatic carbocycles. The van der Waals surface area contributed by atoms with E-state index in [0.29, 0.717) is 17.9 Å². The number of amides is 1. The highest BCUT2D eigenvalue weighted by molar-refractivity contribution is 7.98. The van der Waals surface area contributed by atoms with E-state index in [1.54, 1.807) is 18.2 Å². The first-order chi connectivity index (χ1) is 12.4. The van der Waals surface area contributed by atoms with Crippen LogP contribution in [0.5, 0.6) is 5.75 Å². The Morgan fingerprint density at radius 3 is 2.38 bits per heavy atom. The van der Waals surface area contributed by atoms with Gasteiger partial charge in [0.2, 0.25) is 10.0 Å². The summed E-state index contributed by atoms with van der Waals surface area (Å²) in [6, 6.07) is 13.6. The Bertz CT molecular complexity index is 850. The van der Waals surface area contributed by atoms with Crippen LogP contribution in [0.1, 0.15) is 10.4 Å². The molecule has 1 N–H and O–H groups in total. The van der Waals surface area contributed by atoms with Gasteiger partial charge < -0.3 is 10.1 Å². The maximum atomic E-state index is 12.2. The van der Waals surface area contributed by atoms with E-state index in [1.807, 2.05) is 24.5 Å². The molecule has 0 aliphatic rings. The van der Waals surface area contributed by atoms with Crippen molar-refractivity contribution in [1.29, 1.82) is 0 Å². The van der Waals surface area contributed by atoms with Gasteiger partial charge in [-0.15, -0.1) is 11.8 Å². The zero-order valence-corrected chi connectivity index (χ0v) is 16.6. The molecular weight excluding hydrogens is 372 g/mol. The third-order valence-electron chi connectivity index (χ3n) is 3.61. The van der Waals surface area contributed by atoms with Crippen LogP contribution in [0.15, 0.2) is 58.3 Å². The van der Waals surface area contributed by atoms with E-state index in [1.165, 1.54) is 38.0 Å².